The lowest BCUT2D eigenvalue weighted by molar-refractivity contribution is 0.166. The van der Waals surface area contributed by atoms with Crippen LogP contribution in [0, 0.1) is 0 Å². The van der Waals surface area contributed by atoms with Crippen molar-refractivity contribution in [2.45, 2.75) is 37.8 Å². The molecule has 5 nitrogen and oxygen atoms in total. The quantitative estimate of drug-likeness (QED) is 0.758. The number of hydrogen-bond donors (Lipinski definition) is 2. The van der Waals surface area contributed by atoms with Gasteiger partial charge in [-0.25, -0.2) is 4.79 Å². The van der Waals surface area contributed by atoms with Crippen LogP contribution in [-0.2, 0) is 4.74 Å². The van der Waals surface area contributed by atoms with Gasteiger partial charge in [0.25, 0.3) is 0 Å². The molecule has 0 spiro atoms. The zero-order valence-corrected chi connectivity index (χ0v) is 10.6. The van der Waals surface area contributed by atoms with E-state index in [0.717, 1.165) is 32.6 Å². The summed E-state index contributed by atoms with van der Waals surface area (Å²) in [6.07, 6.45) is 4.65. The molecule has 0 bridgehead atoms. The highest BCUT2D eigenvalue weighted by atomic mass is 16.5. The smallest absolute Gasteiger partial charge is 0.407 e. The lowest BCUT2D eigenvalue weighted by Crippen LogP contribution is -2.44. The molecule has 2 heterocycles. The molecule has 2 atom stereocenters. The van der Waals surface area contributed by atoms with Crippen LogP contribution in [0.25, 0.3) is 0 Å². The first-order valence-electron chi connectivity index (χ1n) is 6.58. The Hall–Kier alpha value is -0.810. The fraction of sp³-hybridized carbons (Fsp3) is 0.917. The van der Waals surface area contributed by atoms with Crippen LogP contribution in [0.3, 0.4) is 0 Å². The molecule has 0 aliphatic carbocycles. The van der Waals surface area contributed by atoms with Crippen LogP contribution in [-0.4, -0.2) is 56.4 Å². The predicted octanol–water partition coefficient (Wildman–Crippen LogP) is 0.559. The minimum atomic E-state index is -0.312. The highest BCUT2D eigenvalue weighted by Gasteiger charge is 2.26. The Kier molecular flexibility index (Phi) is 4.62. The standard InChI is InChI=1S/C12H23N3O2/c1-17-12(16)14-11-5-7-15(9-11)8-10-4-2-3-6-13-10/h10-11,13H,2-9H2,1H3,(H,14,16). The molecule has 2 aliphatic rings. The van der Waals surface area contributed by atoms with Crippen LogP contribution in [0.2, 0.25) is 0 Å². The SMILES string of the molecule is COC(=O)NC1CCN(CC2CCCCN2)C1. The van der Waals surface area contributed by atoms with Gasteiger partial charge in [0, 0.05) is 31.7 Å². The molecule has 0 aromatic carbocycles. The minimum absolute atomic E-state index is 0.256. The zero-order valence-electron chi connectivity index (χ0n) is 10.6. The summed E-state index contributed by atoms with van der Waals surface area (Å²) in [7, 11) is 1.41. The molecule has 5 heteroatoms. The number of carbonyl (C=O) groups is 1. The van der Waals surface area contributed by atoms with Crippen molar-refractivity contribution in [1.29, 1.82) is 0 Å². The van der Waals surface area contributed by atoms with Crippen molar-refractivity contribution in [3.63, 3.8) is 0 Å². The summed E-state index contributed by atoms with van der Waals surface area (Å²) in [5.41, 5.74) is 0. The number of piperidine rings is 1. The van der Waals surface area contributed by atoms with Crippen LogP contribution < -0.4 is 10.6 Å². The number of hydrogen-bond acceptors (Lipinski definition) is 4. The number of nitrogens with zero attached hydrogens (tertiary/aromatic N) is 1. The summed E-state index contributed by atoms with van der Waals surface area (Å²) in [5.74, 6) is 0. The number of alkyl carbamates (subject to hydrolysis) is 1. The maximum atomic E-state index is 11.1. The molecule has 17 heavy (non-hydrogen) atoms. The van der Waals surface area contributed by atoms with E-state index in [-0.39, 0.29) is 12.1 Å². The largest absolute Gasteiger partial charge is 0.453 e. The fourth-order valence-corrected chi connectivity index (χ4v) is 2.73. The van der Waals surface area contributed by atoms with Crippen LogP contribution in [0.4, 0.5) is 4.79 Å². The van der Waals surface area contributed by atoms with E-state index in [1.807, 2.05) is 0 Å². The Morgan fingerprint density at radius 1 is 1.47 bits per heavy atom. The molecule has 0 aromatic rings. The van der Waals surface area contributed by atoms with Crippen molar-refractivity contribution in [1.82, 2.24) is 15.5 Å². The van der Waals surface area contributed by atoms with Crippen molar-refractivity contribution in [3.05, 3.63) is 0 Å². The van der Waals surface area contributed by atoms with Gasteiger partial charge in [0.15, 0.2) is 0 Å². The second-order valence-electron chi connectivity index (χ2n) is 5.03. The van der Waals surface area contributed by atoms with Crippen LogP contribution in [0.5, 0.6) is 0 Å². The lowest BCUT2D eigenvalue weighted by Gasteiger charge is -2.28. The highest BCUT2D eigenvalue weighted by molar-refractivity contribution is 5.67. The van der Waals surface area contributed by atoms with Gasteiger partial charge in [-0.15, -0.1) is 0 Å². The molecule has 2 unspecified atom stereocenters. The number of methoxy groups -OCH3 is 1. The van der Waals surface area contributed by atoms with Crippen molar-refractivity contribution in [2.75, 3.05) is 33.3 Å². The third-order valence-electron chi connectivity index (χ3n) is 3.67. The van der Waals surface area contributed by atoms with Crippen molar-refractivity contribution in [3.8, 4) is 0 Å². The van der Waals surface area contributed by atoms with E-state index in [1.54, 1.807) is 0 Å². The van der Waals surface area contributed by atoms with Gasteiger partial charge in [0.05, 0.1) is 7.11 Å². The molecule has 2 saturated heterocycles. The molecular formula is C12H23N3O2. The maximum absolute atomic E-state index is 11.1. The monoisotopic (exact) mass is 241 g/mol. The van der Waals surface area contributed by atoms with Gasteiger partial charge in [0.1, 0.15) is 0 Å². The first-order chi connectivity index (χ1) is 8.28. The van der Waals surface area contributed by atoms with Gasteiger partial charge < -0.3 is 15.4 Å². The highest BCUT2D eigenvalue weighted by Crippen LogP contribution is 2.13. The number of likely N-dealkylation sites (tertiary alicyclic amines) is 1. The molecule has 2 rings (SSSR count). The number of carbonyl (C=O) groups excluding carboxylic acids is 1. The third-order valence-corrected chi connectivity index (χ3v) is 3.67. The van der Waals surface area contributed by atoms with Gasteiger partial charge in [-0.05, 0) is 25.8 Å². The zero-order chi connectivity index (χ0) is 12.1. The average molecular weight is 241 g/mol. The van der Waals surface area contributed by atoms with Crippen molar-refractivity contribution < 1.29 is 9.53 Å². The van der Waals surface area contributed by atoms with Crippen LogP contribution in [0.15, 0.2) is 0 Å². The first kappa shape index (κ1) is 12.6. The average Bonchev–Trinajstić information content (AvgIpc) is 2.77. The number of ether oxygens (including phenoxy) is 1. The predicted molar refractivity (Wildman–Crippen MR) is 66.0 cm³/mol. The lowest BCUT2D eigenvalue weighted by atomic mass is 10.0. The van der Waals surface area contributed by atoms with Crippen molar-refractivity contribution >= 4 is 6.09 Å². The molecule has 0 aromatic heterocycles. The van der Waals surface area contributed by atoms with Gasteiger partial charge in [-0.1, -0.05) is 6.42 Å². The Bertz CT molecular complexity index is 254. The van der Waals surface area contributed by atoms with Gasteiger partial charge in [0.2, 0.25) is 0 Å². The molecule has 2 N–H and O–H groups in total. The number of amides is 1. The van der Waals surface area contributed by atoms with E-state index in [1.165, 1.54) is 26.4 Å². The summed E-state index contributed by atoms with van der Waals surface area (Å²) < 4.78 is 4.62. The fourth-order valence-electron chi connectivity index (χ4n) is 2.73. The summed E-state index contributed by atoms with van der Waals surface area (Å²) in [4.78, 5) is 13.5. The van der Waals surface area contributed by atoms with Crippen molar-refractivity contribution in [2.24, 2.45) is 0 Å². The number of rotatable bonds is 3. The summed E-state index contributed by atoms with van der Waals surface area (Å²) in [6, 6.07) is 0.895. The Labute approximate surface area is 103 Å². The van der Waals surface area contributed by atoms with E-state index in [4.69, 9.17) is 0 Å². The molecule has 2 fully saturated rings. The normalized spacial score (nSPS) is 30.2. The van der Waals surface area contributed by atoms with E-state index >= 15 is 0 Å². The molecule has 0 radical (unpaired) electrons. The van der Waals surface area contributed by atoms with Gasteiger partial charge in [-0.3, -0.25) is 4.90 Å². The second-order valence-corrected chi connectivity index (χ2v) is 5.03. The van der Waals surface area contributed by atoms with Crippen LogP contribution >= 0.6 is 0 Å². The Balaban J connectivity index is 1.68. The molecular weight excluding hydrogens is 218 g/mol. The summed E-state index contributed by atoms with van der Waals surface area (Å²) >= 11 is 0. The van der Waals surface area contributed by atoms with E-state index in [9.17, 15) is 4.79 Å². The van der Waals surface area contributed by atoms with Crippen LogP contribution in [0.1, 0.15) is 25.7 Å². The second kappa shape index (κ2) is 6.21. The summed E-state index contributed by atoms with van der Waals surface area (Å²) in [6.45, 7) is 4.29. The maximum Gasteiger partial charge on any atom is 0.407 e. The molecule has 2 aliphatic heterocycles. The Morgan fingerprint density at radius 2 is 2.35 bits per heavy atom. The molecule has 1 amide bonds. The third kappa shape index (κ3) is 3.85. The first-order valence-corrected chi connectivity index (χ1v) is 6.58. The summed E-state index contributed by atoms with van der Waals surface area (Å²) in [5, 5.41) is 6.43. The van der Waals surface area contributed by atoms with Gasteiger partial charge in [-0.2, -0.15) is 0 Å². The van der Waals surface area contributed by atoms with E-state index in [0.29, 0.717) is 6.04 Å². The Morgan fingerprint density at radius 3 is 3.06 bits per heavy atom. The minimum Gasteiger partial charge on any atom is -0.453 e. The van der Waals surface area contributed by atoms with Gasteiger partial charge >= 0.3 is 6.09 Å². The van der Waals surface area contributed by atoms with E-state index in [2.05, 4.69) is 20.3 Å². The molecule has 0 saturated carbocycles. The molecule has 98 valence electrons. The topological polar surface area (TPSA) is 53.6 Å². The van der Waals surface area contributed by atoms with E-state index < -0.39 is 0 Å². The number of nitrogens with one attached hydrogen (secondary N) is 2.